The number of rotatable bonds is 5. The molecule has 0 rings (SSSR count). The van der Waals surface area contributed by atoms with Crippen molar-refractivity contribution in [2.75, 3.05) is 6.26 Å². The van der Waals surface area contributed by atoms with Gasteiger partial charge in [0.05, 0.1) is 6.07 Å². The van der Waals surface area contributed by atoms with Gasteiger partial charge in [-0.25, -0.2) is 8.42 Å². The number of carbonyl (C=O) groups is 1. The summed E-state index contributed by atoms with van der Waals surface area (Å²) in [6, 6.07) is 2.04. The molecule has 1 N–H and O–H groups in total. The maximum atomic E-state index is 12.0. The number of carbonyl (C=O) groups excluding carboxylic acids is 1. The van der Waals surface area contributed by atoms with Crippen LogP contribution in [0.15, 0.2) is 0 Å². The quantitative estimate of drug-likeness (QED) is 0.799. The SMILES string of the molecule is CCC(C#N)(CC)NC(=O)C(C)(C)S(C)(=O)=O. The fourth-order valence-electron chi connectivity index (χ4n) is 1.15. The first-order valence-corrected chi connectivity index (χ1v) is 7.39. The van der Waals surface area contributed by atoms with E-state index in [1.807, 2.05) is 6.07 Å². The molecule has 0 saturated carbocycles. The van der Waals surface area contributed by atoms with Crippen molar-refractivity contribution in [3.63, 3.8) is 0 Å². The van der Waals surface area contributed by atoms with Crippen molar-refractivity contribution in [1.29, 1.82) is 5.26 Å². The molecule has 0 aromatic carbocycles. The van der Waals surface area contributed by atoms with Gasteiger partial charge in [0.2, 0.25) is 5.91 Å². The van der Waals surface area contributed by atoms with Gasteiger partial charge in [-0.15, -0.1) is 0 Å². The Morgan fingerprint density at radius 2 is 1.71 bits per heavy atom. The zero-order chi connectivity index (χ0) is 13.9. The predicted molar refractivity (Wildman–Crippen MR) is 66.0 cm³/mol. The largest absolute Gasteiger partial charge is 0.336 e. The van der Waals surface area contributed by atoms with E-state index in [9.17, 15) is 13.2 Å². The third kappa shape index (κ3) is 3.19. The molecule has 0 saturated heterocycles. The van der Waals surface area contributed by atoms with Gasteiger partial charge in [0.15, 0.2) is 9.84 Å². The van der Waals surface area contributed by atoms with E-state index in [0.717, 1.165) is 6.26 Å². The number of sulfone groups is 1. The molecule has 0 aromatic heterocycles. The Balaban J connectivity index is 5.20. The van der Waals surface area contributed by atoms with E-state index in [1.165, 1.54) is 13.8 Å². The highest BCUT2D eigenvalue weighted by Gasteiger charge is 2.42. The molecule has 0 aliphatic carbocycles. The monoisotopic (exact) mass is 260 g/mol. The van der Waals surface area contributed by atoms with Crippen LogP contribution in [0, 0.1) is 11.3 Å². The third-order valence-corrected chi connectivity index (χ3v) is 5.29. The summed E-state index contributed by atoms with van der Waals surface area (Å²) in [5.41, 5.74) is -0.987. The van der Waals surface area contributed by atoms with Crippen molar-refractivity contribution in [3.8, 4) is 6.07 Å². The van der Waals surface area contributed by atoms with Gasteiger partial charge < -0.3 is 5.32 Å². The average Bonchev–Trinajstić information content (AvgIpc) is 2.24. The van der Waals surface area contributed by atoms with Gasteiger partial charge in [0, 0.05) is 6.26 Å². The minimum absolute atomic E-state index is 0.436. The smallest absolute Gasteiger partial charge is 0.242 e. The minimum atomic E-state index is -3.52. The summed E-state index contributed by atoms with van der Waals surface area (Å²) in [5.74, 6) is -0.634. The molecule has 5 nitrogen and oxygen atoms in total. The van der Waals surface area contributed by atoms with E-state index >= 15 is 0 Å². The molecule has 0 aliphatic rings. The molecule has 0 bridgehead atoms. The molecule has 6 heteroatoms. The molecule has 0 aliphatic heterocycles. The molecular weight excluding hydrogens is 240 g/mol. The third-order valence-electron chi connectivity index (χ3n) is 3.25. The molecule has 0 radical (unpaired) electrons. The van der Waals surface area contributed by atoms with Gasteiger partial charge >= 0.3 is 0 Å². The number of nitrogens with zero attached hydrogens (tertiary/aromatic N) is 1. The zero-order valence-corrected chi connectivity index (χ0v) is 11.8. The average molecular weight is 260 g/mol. The lowest BCUT2D eigenvalue weighted by molar-refractivity contribution is -0.124. The van der Waals surface area contributed by atoms with Crippen LogP contribution in [0.25, 0.3) is 0 Å². The second-order valence-corrected chi connectivity index (χ2v) is 7.20. The summed E-state index contributed by atoms with van der Waals surface area (Å²) in [6.07, 6.45) is 1.88. The molecule has 1 amide bonds. The number of hydrogen-bond donors (Lipinski definition) is 1. The number of amides is 1. The Kier molecular flexibility index (Phi) is 4.72. The molecule has 98 valence electrons. The van der Waals surface area contributed by atoms with Gasteiger partial charge in [-0.05, 0) is 26.7 Å². The van der Waals surface area contributed by atoms with E-state index in [1.54, 1.807) is 13.8 Å². The normalized spacial score (nSPS) is 12.9. The van der Waals surface area contributed by atoms with Crippen LogP contribution in [0.1, 0.15) is 40.5 Å². The molecule has 0 unspecified atom stereocenters. The second-order valence-electron chi connectivity index (χ2n) is 4.64. The van der Waals surface area contributed by atoms with Crippen LogP contribution in [0.3, 0.4) is 0 Å². The van der Waals surface area contributed by atoms with E-state index in [0.29, 0.717) is 12.8 Å². The maximum Gasteiger partial charge on any atom is 0.242 e. The Bertz CT molecular complexity index is 428. The summed E-state index contributed by atoms with van der Waals surface area (Å²) in [7, 11) is -3.52. The number of nitriles is 1. The van der Waals surface area contributed by atoms with Gasteiger partial charge in [-0.2, -0.15) is 5.26 Å². The van der Waals surface area contributed by atoms with E-state index in [2.05, 4.69) is 5.32 Å². The van der Waals surface area contributed by atoms with Crippen LogP contribution < -0.4 is 5.32 Å². The summed E-state index contributed by atoms with van der Waals surface area (Å²) in [6.45, 7) is 6.23. The van der Waals surface area contributed by atoms with Crippen molar-refractivity contribution in [1.82, 2.24) is 5.32 Å². The summed E-state index contributed by atoms with van der Waals surface area (Å²) in [5, 5.41) is 11.6. The lowest BCUT2D eigenvalue weighted by Crippen LogP contribution is -2.55. The van der Waals surface area contributed by atoms with E-state index in [-0.39, 0.29) is 0 Å². The summed E-state index contributed by atoms with van der Waals surface area (Å²) >= 11 is 0. The molecule has 17 heavy (non-hydrogen) atoms. The van der Waals surface area contributed by atoms with Crippen molar-refractivity contribution in [2.24, 2.45) is 0 Å². The highest BCUT2D eigenvalue weighted by molar-refractivity contribution is 7.92. The summed E-state index contributed by atoms with van der Waals surface area (Å²) < 4.78 is 21.5. The Hall–Kier alpha value is -1.09. The van der Waals surface area contributed by atoms with Crippen LogP contribution in [0.4, 0.5) is 0 Å². The second kappa shape index (κ2) is 5.05. The van der Waals surface area contributed by atoms with Gasteiger partial charge in [0.1, 0.15) is 10.3 Å². The zero-order valence-electron chi connectivity index (χ0n) is 11.0. The fraction of sp³-hybridized carbons (Fsp3) is 0.818. The Morgan fingerprint density at radius 3 is 1.94 bits per heavy atom. The summed E-state index contributed by atoms with van der Waals surface area (Å²) in [4.78, 5) is 12.0. The highest BCUT2D eigenvalue weighted by Crippen LogP contribution is 2.20. The van der Waals surface area contributed by atoms with Crippen molar-refractivity contribution >= 4 is 15.7 Å². The molecule has 0 aromatic rings. The van der Waals surface area contributed by atoms with E-state index in [4.69, 9.17) is 5.26 Å². The first-order valence-electron chi connectivity index (χ1n) is 5.49. The molecule has 0 heterocycles. The van der Waals surface area contributed by atoms with Crippen LogP contribution in [-0.2, 0) is 14.6 Å². The fourth-order valence-corrected chi connectivity index (χ4v) is 1.54. The molecule has 0 spiro atoms. The van der Waals surface area contributed by atoms with E-state index < -0.39 is 26.0 Å². The van der Waals surface area contributed by atoms with Gasteiger partial charge in [-0.3, -0.25) is 4.79 Å². The van der Waals surface area contributed by atoms with Gasteiger partial charge in [-0.1, -0.05) is 13.8 Å². The number of hydrogen-bond acceptors (Lipinski definition) is 4. The number of nitrogens with one attached hydrogen (secondary N) is 1. The lowest BCUT2D eigenvalue weighted by Gasteiger charge is -2.30. The van der Waals surface area contributed by atoms with Crippen molar-refractivity contribution < 1.29 is 13.2 Å². The first-order chi connectivity index (χ1) is 7.56. The van der Waals surface area contributed by atoms with Crippen LogP contribution in [0.2, 0.25) is 0 Å². The minimum Gasteiger partial charge on any atom is -0.336 e. The Morgan fingerprint density at radius 1 is 1.29 bits per heavy atom. The molecular formula is C11H20N2O3S. The lowest BCUT2D eigenvalue weighted by atomic mass is 9.94. The van der Waals surface area contributed by atoms with Crippen LogP contribution >= 0.6 is 0 Å². The van der Waals surface area contributed by atoms with Crippen LogP contribution in [-0.4, -0.2) is 30.9 Å². The van der Waals surface area contributed by atoms with Crippen molar-refractivity contribution in [3.05, 3.63) is 0 Å². The first kappa shape index (κ1) is 15.9. The topological polar surface area (TPSA) is 87.0 Å². The highest BCUT2D eigenvalue weighted by atomic mass is 32.2. The molecule has 0 atom stereocenters. The standard InChI is InChI=1S/C11H20N2O3S/c1-6-11(7-2,8-12)13-9(14)10(3,4)17(5,15)16/h6-7H2,1-5H3,(H,13,14). The van der Waals surface area contributed by atoms with Crippen molar-refractivity contribution in [2.45, 2.75) is 50.8 Å². The Labute approximate surface area is 103 Å². The van der Waals surface area contributed by atoms with Gasteiger partial charge in [0.25, 0.3) is 0 Å². The molecule has 0 fully saturated rings. The predicted octanol–water partition coefficient (Wildman–Crippen LogP) is 1.01. The van der Waals surface area contributed by atoms with Crippen LogP contribution in [0.5, 0.6) is 0 Å². The maximum absolute atomic E-state index is 12.0.